The van der Waals surface area contributed by atoms with Crippen molar-refractivity contribution < 1.29 is 37.0 Å². The lowest BCUT2D eigenvalue weighted by Gasteiger charge is -2.33. The molecule has 2 fully saturated rings. The van der Waals surface area contributed by atoms with Crippen LogP contribution < -0.4 is 19.9 Å². The minimum Gasteiger partial charge on any atom is -0.545 e. The highest BCUT2D eigenvalue weighted by Crippen LogP contribution is 2.46. The van der Waals surface area contributed by atoms with E-state index in [-0.39, 0.29) is 27.9 Å². The molecule has 8 nitrogen and oxygen atoms in total. The Morgan fingerprint density at radius 1 is 1.02 bits per heavy atom. The Hall–Kier alpha value is -4.85. The third-order valence-corrected chi connectivity index (χ3v) is 8.00. The number of rotatable bonds is 5. The van der Waals surface area contributed by atoms with Crippen molar-refractivity contribution in [1.82, 2.24) is 4.58 Å². The predicted octanol–water partition coefficient (Wildman–Crippen LogP) is 4.32. The standard InChI is InChI=1S/C33H28F3N3O5/c1-33(2,3)44-32(42)21(16-37)25-28(34)26(27(31(40)41)30(36)29(25)35)24-19-8-6-17(38-10-4-11-38)14-22(19)43-23-15-18(7-9-20(23)24)39-12-5-13-39/h6-9,14-15,21H,4-5,10-13H2,1-3H3. The number of esters is 1. The van der Waals surface area contributed by atoms with Crippen LogP contribution in [0.3, 0.4) is 0 Å². The third-order valence-electron chi connectivity index (χ3n) is 8.00. The lowest BCUT2D eigenvalue weighted by Crippen LogP contribution is -2.40. The first-order valence-corrected chi connectivity index (χ1v) is 14.3. The molecule has 2 aromatic rings. The number of fused-ring (bicyclic) bond motifs is 2. The number of ether oxygens (including phenoxy) is 1. The van der Waals surface area contributed by atoms with E-state index in [1.807, 2.05) is 0 Å². The highest BCUT2D eigenvalue weighted by molar-refractivity contribution is 6.08. The van der Waals surface area contributed by atoms with Gasteiger partial charge in [-0.3, -0.25) is 4.79 Å². The number of nitrogens with zero attached hydrogens (tertiary/aromatic N) is 3. The zero-order valence-electron chi connectivity index (χ0n) is 24.3. The Labute approximate surface area is 250 Å². The van der Waals surface area contributed by atoms with E-state index in [2.05, 4.69) is 9.48 Å². The molecule has 0 amide bonds. The predicted molar refractivity (Wildman–Crippen MR) is 153 cm³/mol. The summed E-state index contributed by atoms with van der Waals surface area (Å²) >= 11 is 0. The van der Waals surface area contributed by atoms with Gasteiger partial charge in [0.05, 0.1) is 30.1 Å². The van der Waals surface area contributed by atoms with Crippen molar-refractivity contribution in [1.29, 1.82) is 5.26 Å². The van der Waals surface area contributed by atoms with Gasteiger partial charge in [-0.15, -0.1) is 0 Å². The fourth-order valence-electron chi connectivity index (χ4n) is 5.63. The normalized spacial score (nSPS) is 15.5. The number of hydrogen-bond acceptors (Lipinski definition) is 7. The van der Waals surface area contributed by atoms with Crippen molar-refractivity contribution in [3.8, 4) is 28.5 Å². The molecule has 11 heteroatoms. The van der Waals surface area contributed by atoms with Crippen molar-refractivity contribution in [2.45, 2.75) is 45.1 Å². The first-order chi connectivity index (χ1) is 20.9. The lowest BCUT2D eigenvalue weighted by molar-refractivity contribution is -0.255. The molecule has 6 rings (SSSR count). The zero-order valence-corrected chi connectivity index (χ0v) is 24.3. The van der Waals surface area contributed by atoms with Crippen molar-refractivity contribution >= 4 is 28.6 Å². The monoisotopic (exact) mass is 603 g/mol. The second-order valence-electron chi connectivity index (χ2n) is 12.0. The summed E-state index contributed by atoms with van der Waals surface area (Å²) in [5.74, 6) is -11.0. The SMILES string of the molecule is CC(C)(C)OC(=O)C(C#N)c1c(F)c(F)c(C(=O)[O-])c(-c2c3ccc(=[N+]4CCC4)cc-3oc3cc(N4CCC4)ccc23)c1F. The van der Waals surface area contributed by atoms with Crippen LogP contribution in [0.2, 0.25) is 0 Å². The highest BCUT2D eigenvalue weighted by atomic mass is 19.2. The Bertz CT molecular complexity index is 1940. The second kappa shape index (κ2) is 10.7. The molecular weight excluding hydrogens is 575 g/mol. The number of carbonyl (C=O) groups excluding carboxylic acids is 2. The Morgan fingerprint density at radius 3 is 2.32 bits per heavy atom. The number of halogens is 3. The zero-order chi connectivity index (χ0) is 31.5. The van der Waals surface area contributed by atoms with E-state index < -0.39 is 57.6 Å². The summed E-state index contributed by atoms with van der Waals surface area (Å²) in [5, 5.41) is 23.2. The highest BCUT2D eigenvalue weighted by Gasteiger charge is 2.38. The summed E-state index contributed by atoms with van der Waals surface area (Å²) in [5.41, 5.74) is -3.46. The number of hydrogen-bond donors (Lipinski definition) is 0. The number of aromatic carboxylic acids is 1. The van der Waals surface area contributed by atoms with Gasteiger partial charge in [0.15, 0.2) is 17.6 Å². The molecule has 3 heterocycles. The largest absolute Gasteiger partial charge is 0.545 e. The van der Waals surface area contributed by atoms with E-state index in [0.29, 0.717) is 0 Å². The molecule has 0 spiro atoms. The maximum absolute atomic E-state index is 16.7. The maximum atomic E-state index is 16.7. The van der Waals surface area contributed by atoms with E-state index in [0.717, 1.165) is 50.1 Å². The van der Waals surface area contributed by atoms with Gasteiger partial charge in [-0.2, -0.15) is 5.26 Å². The summed E-state index contributed by atoms with van der Waals surface area (Å²) in [6.45, 7) is 7.76. The first kappa shape index (κ1) is 29.2. The van der Waals surface area contributed by atoms with Crippen LogP contribution in [0.4, 0.5) is 18.9 Å². The van der Waals surface area contributed by atoms with Crippen LogP contribution in [0.5, 0.6) is 0 Å². The van der Waals surface area contributed by atoms with Gasteiger partial charge in [0.1, 0.15) is 35.9 Å². The van der Waals surface area contributed by atoms with Crippen molar-refractivity contribution in [3.63, 3.8) is 0 Å². The molecule has 0 aromatic heterocycles. The molecule has 3 aliphatic heterocycles. The van der Waals surface area contributed by atoms with Crippen molar-refractivity contribution in [3.05, 3.63) is 70.3 Å². The van der Waals surface area contributed by atoms with Crippen LogP contribution >= 0.6 is 0 Å². The summed E-state index contributed by atoms with van der Waals surface area (Å²) in [6.07, 6.45) is 2.01. The Kier molecular flexibility index (Phi) is 7.11. The summed E-state index contributed by atoms with van der Waals surface area (Å²) in [4.78, 5) is 27.4. The van der Waals surface area contributed by atoms with E-state index >= 15 is 13.2 Å². The van der Waals surface area contributed by atoms with Gasteiger partial charge in [0.25, 0.3) is 0 Å². The first-order valence-electron chi connectivity index (χ1n) is 14.3. The minimum atomic E-state index is -2.24. The molecule has 44 heavy (non-hydrogen) atoms. The van der Waals surface area contributed by atoms with E-state index in [9.17, 15) is 20.0 Å². The van der Waals surface area contributed by atoms with E-state index in [1.165, 1.54) is 26.8 Å². The molecule has 4 aliphatic rings. The minimum absolute atomic E-state index is 0.107. The Morgan fingerprint density at radius 2 is 1.75 bits per heavy atom. The molecule has 0 bridgehead atoms. The fraction of sp³-hybridized carbons (Fsp3) is 0.333. The third kappa shape index (κ3) is 4.84. The number of nitriles is 1. The van der Waals surface area contributed by atoms with Crippen LogP contribution in [-0.2, 0) is 9.53 Å². The van der Waals surface area contributed by atoms with Gasteiger partial charge in [-0.05, 0) is 45.4 Å². The fourth-order valence-corrected chi connectivity index (χ4v) is 5.63. The van der Waals surface area contributed by atoms with Crippen LogP contribution in [0.25, 0.3) is 33.4 Å². The van der Waals surface area contributed by atoms with E-state index in [1.54, 1.807) is 36.4 Å². The second-order valence-corrected chi connectivity index (χ2v) is 12.0. The number of carboxylic acid groups (broad SMARTS) is 1. The summed E-state index contributed by atoms with van der Waals surface area (Å²) in [6, 6.07) is 11.6. The summed E-state index contributed by atoms with van der Waals surface area (Å²) in [7, 11) is 0. The molecule has 0 N–H and O–H groups in total. The Balaban J connectivity index is 1.71. The van der Waals surface area contributed by atoms with Crippen LogP contribution in [0, 0.1) is 28.8 Å². The molecule has 1 aliphatic carbocycles. The van der Waals surface area contributed by atoms with Gasteiger partial charge in [-0.25, -0.2) is 17.7 Å². The van der Waals surface area contributed by atoms with Gasteiger partial charge in [0, 0.05) is 58.5 Å². The lowest BCUT2D eigenvalue weighted by atomic mass is 9.86. The van der Waals surface area contributed by atoms with Gasteiger partial charge in [0.2, 0.25) is 5.36 Å². The number of anilines is 1. The number of benzene rings is 3. The maximum Gasteiger partial charge on any atom is 0.328 e. The quantitative estimate of drug-likeness (QED) is 0.145. The molecule has 226 valence electrons. The molecule has 0 radical (unpaired) electrons. The van der Waals surface area contributed by atoms with Crippen molar-refractivity contribution in [2.75, 3.05) is 31.1 Å². The summed E-state index contributed by atoms with van der Waals surface area (Å²) < 4.78 is 61.6. The molecule has 2 saturated heterocycles. The smallest absolute Gasteiger partial charge is 0.328 e. The van der Waals surface area contributed by atoms with Crippen LogP contribution in [-0.4, -0.2) is 43.7 Å². The van der Waals surface area contributed by atoms with Gasteiger partial charge >= 0.3 is 5.97 Å². The van der Waals surface area contributed by atoms with Gasteiger partial charge in [-0.1, -0.05) is 0 Å². The average Bonchev–Trinajstić information content (AvgIpc) is 2.88. The molecule has 0 saturated carbocycles. The average molecular weight is 604 g/mol. The van der Waals surface area contributed by atoms with Crippen LogP contribution in [0.1, 0.15) is 55.5 Å². The molecular formula is C33H28F3N3O5. The molecule has 2 aromatic carbocycles. The molecule has 1 unspecified atom stereocenters. The van der Waals surface area contributed by atoms with Crippen molar-refractivity contribution in [2.24, 2.45) is 0 Å². The number of carbonyl (C=O) groups is 2. The van der Waals surface area contributed by atoms with Crippen LogP contribution in [0.15, 0.2) is 40.8 Å². The topological polar surface area (TPSA) is 110 Å². The van der Waals surface area contributed by atoms with Gasteiger partial charge < -0.3 is 24.0 Å². The number of carboxylic acids is 1. The molecule has 1 atom stereocenters. The van der Waals surface area contributed by atoms with E-state index in [4.69, 9.17) is 9.15 Å².